The van der Waals surface area contributed by atoms with E-state index in [9.17, 15) is 0 Å². The second-order valence-electron chi connectivity index (χ2n) is 5.39. The Bertz CT molecular complexity index is 143. The molecule has 0 fully saturated rings. The highest BCUT2D eigenvalue weighted by Crippen LogP contribution is 2.09. The summed E-state index contributed by atoms with van der Waals surface area (Å²) < 4.78 is 5.03. The first kappa shape index (κ1) is 14.9. The molecule has 0 bridgehead atoms. The molecule has 3 heteroatoms. The van der Waals surface area contributed by atoms with Crippen molar-refractivity contribution < 1.29 is 4.74 Å². The van der Waals surface area contributed by atoms with Crippen LogP contribution in [0.1, 0.15) is 27.2 Å². The molecule has 0 aliphatic heterocycles. The predicted molar refractivity (Wildman–Crippen MR) is 66.3 cm³/mol. The summed E-state index contributed by atoms with van der Waals surface area (Å²) in [7, 11) is 3.89. The van der Waals surface area contributed by atoms with Crippen LogP contribution >= 0.6 is 0 Å². The molecule has 0 amide bonds. The lowest BCUT2D eigenvalue weighted by Crippen LogP contribution is -2.30. The lowest BCUT2D eigenvalue weighted by molar-refractivity contribution is 0.160. The van der Waals surface area contributed by atoms with Crippen molar-refractivity contribution >= 4 is 0 Å². The van der Waals surface area contributed by atoms with Crippen molar-refractivity contribution in [3.8, 4) is 0 Å². The summed E-state index contributed by atoms with van der Waals surface area (Å²) >= 11 is 0. The third kappa shape index (κ3) is 11.8. The monoisotopic (exact) mass is 216 g/mol. The maximum Gasteiger partial charge on any atom is 0.0589 e. The van der Waals surface area contributed by atoms with Gasteiger partial charge in [-0.1, -0.05) is 20.8 Å². The Morgan fingerprint density at radius 2 is 1.87 bits per heavy atom. The van der Waals surface area contributed by atoms with Crippen molar-refractivity contribution in [2.24, 2.45) is 5.41 Å². The average molecular weight is 216 g/mol. The molecule has 1 N–H and O–H groups in total. The summed E-state index contributed by atoms with van der Waals surface area (Å²) in [4.78, 5) is 2.31. The summed E-state index contributed by atoms with van der Waals surface area (Å²) in [5, 5.41) is 3.48. The molecule has 3 nitrogen and oxygen atoms in total. The van der Waals surface area contributed by atoms with E-state index in [1.807, 2.05) is 0 Å². The molecule has 0 heterocycles. The van der Waals surface area contributed by atoms with Gasteiger partial charge in [0, 0.05) is 13.7 Å². The van der Waals surface area contributed by atoms with Gasteiger partial charge >= 0.3 is 0 Å². The Morgan fingerprint density at radius 3 is 2.40 bits per heavy atom. The largest absolute Gasteiger partial charge is 0.383 e. The van der Waals surface area contributed by atoms with Gasteiger partial charge in [0.25, 0.3) is 0 Å². The molecule has 0 aliphatic rings. The summed E-state index contributed by atoms with van der Waals surface area (Å²) in [5.41, 5.74) is 0.391. The average Bonchev–Trinajstić information content (AvgIpc) is 2.12. The quantitative estimate of drug-likeness (QED) is 0.624. The Labute approximate surface area is 95.2 Å². The van der Waals surface area contributed by atoms with Crippen LogP contribution in [0.25, 0.3) is 0 Å². The van der Waals surface area contributed by atoms with Crippen LogP contribution in [0, 0.1) is 5.41 Å². The Kier molecular flexibility index (Phi) is 8.02. The molecule has 0 saturated heterocycles. The third-order valence-electron chi connectivity index (χ3n) is 2.23. The maximum absolute atomic E-state index is 5.03. The van der Waals surface area contributed by atoms with Crippen molar-refractivity contribution in [1.82, 2.24) is 10.2 Å². The first-order valence-corrected chi connectivity index (χ1v) is 5.84. The second-order valence-corrected chi connectivity index (χ2v) is 5.39. The topological polar surface area (TPSA) is 24.5 Å². The molecular formula is C12H28N2O. The van der Waals surface area contributed by atoms with Gasteiger partial charge in [0.2, 0.25) is 0 Å². The highest BCUT2D eigenvalue weighted by molar-refractivity contribution is 4.65. The van der Waals surface area contributed by atoms with Crippen molar-refractivity contribution in [2.45, 2.75) is 27.2 Å². The molecule has 0 aliphatic carbocycles. The Morgan fingerprint density at radius 1 is 1.20 bits per heavy atom. The van der Waals surface area contributed by atoms with Crippen molar-refractivity contribution in [3.63, 3.8) is 0 Å². The van der Waals surface area contributed by atoms with E-state index in [-0.39, 0.29) is 0 Å². The normalized spacial score (nSPS) is 12.4. The minimum absolute atomic E-state index is 0.391. The van der Waals surface area contributed by atoms with Gasteiger partial charge in [-0.2, -0.15) is 0 Å². The van der Waals surface area contributed by atoms with Crippen LogP contribution < -0.4 is 5.32 Å². The molecule has 0 atom stereocenters. The molecule has 92 valence electrons. The lowest BCUT2D eigenvalue weighted by atomic mass is 9.97. The molecule has 0 rings (SSSR count). The highest BCUT2D eigenvalue weighted by Gasteiger charge is 2.08. The number of nitrogens with zero attached hydrogens (tertiary/aromatic N) is 1. The SMILES string of the molecule is COCCN(C)CCCNCC(C)(C)C. The number of hydrogen-bond acceptors (Lipinski definition) is 3. The molecule has 0 aromatic carbocycles. The van der Waals surface area contributed by atoms with Crippen LogP contribution in [0.5, 0.6) is 0 Å². The number of likely N-dealkylation sites (N-methyl/N-ethyl adjacent to an activating group) is 1. The summed E-state index contributed by atoms with van der Waals surface area (Å²) in [6.45, 7) is 12.0. The van der Waals surface area contributed by atoms with Crippen LogP contribution in [0.15, 0.2) is 0 Å². The zero-order valence-electron chi connectivity index (χ0n) is 11.1. The van der Waals surface area contributed by atoms with E-state index in [1.54, 1.807) is 7.11 Å². The van der Waals surface area contributed by atoms with Crippen molar-refractivity contribution in [2.75, 3.05) is 46.9 Å². The Balaban J connectivity index is 3.23. The van der Waals surface area contributed by atoms with E-state index < -0.39 is 0 Å². The van der Waals surface area contributed by atoms with Gasteiger partial charge in [-0.25, -0.2) is 0 Å². The fourth-order valence-electron chi connectivity index (χ4n) is 1.30. The van der Waals surface area contributed by atoms with E-state index in [2.05, 4.69) is 38.0 Å². The fraction of sp³-hybridized carbons (Fsp3) is 1.00. The second kappa shape index (κ2) is 8.08. The van der Waals surface area contributed by atoms with Crippen LogP contribution in [0.4, 0.5) is 0 Å². The van der Waals surface area contributed by atoms with E-state index in [4.69, 9.17) is 4.74 Å². The highest BCUT2D eigenvalue weighted by atomic mass is 16.5. The third-order valence-corrected chi connectivity index (χ3v) is 2.23. The molecule has 0 spiro atoms. The number of methoxy groups -OCH3 is 1. The zero-order chi connectivity index (χ0) is 11.7. The van der Waals surface area contributed by atoms with Crippen LogP contribution in [0.3, 0.4) is 0 Å². The molecule has 15 heavy (non-hydrogen) atoms. The molecule has 0 unspecified atom stereocenters. The van der Waals surface area contributed by atoms with E-state index >= 15 is 0 Å². The number of rotatable bonds is 8. The minimum Gasteiger partial charge on any atom is -0.383 e. The van der Waals surface area contributed by atoms with Gasteiger partial charge in [-0.3, -0.25) is 0 Å². The Hall–Kier alpha value is -0.120. The maximum atomic E-state index is 5.03. The molecule has 0 aromatic rings. The zero-order valence-corrected chi connectivity index (χ0v) is 11.1. The van der Waals surface area contributed by atoms with Gasteiger partial charge in [0.1, 0.15) is 0 Å². The smallest absolute Gasteiger partial charge is 0.0589 e. The summed E-state index contributed by atoms with van der Waals surface area (Å²) in [6.07, 6.45) is 1.20. The van der Waals surface area contributed by atoms with Crippen LogP contribution in [-0.4, -0.2) is 51.8 Å². The number of nitrogens with one attached hydrogen (secondary N) is 1. The number of ether oxygens (including phenoxy) is 1. The molecular weight excluding hydrogens is 188 g/mol. The van der Waals surface area contributed by atoms with E-state index in [1.165, 1.54) is 6.42 Å². The standard InChI is InChI=1S/C12H28N2O/c1-12(2,3)11-13-7-6-8-14(4)9-10-15-5/h13H,6-11H2,1-5H3. The van der Waals surface area contributed by atoms with E-state index in [0.717, 1.165) is 32.8 Å². The molecule has 0 saturated carbocycles. The summed E-state index contributed by atoms with van der Waals surface area (Å²) in [6, 6.07) is 0. The van der Waals surface area contributed by atoms with Gasteiger partial charge in [0.05, 0.1) is 6.61 Å². The number of hydrogen-bond donors (Lipinski definition) is 1. The molecule has 0 radical (unpaired) electrons. The first-order chi connectivity index (χ1) is 6.95. The van der Waals surface area contributed by atoms with Gasteiger partial charge < -0.3 is 15.0 Å². The summed E-state index contributed by atoms with van der Waals surface area (Å²) in [5.74, 6) is 0. The van der Waals surface area contributed by atoms with Crippen molar-refractivity contribution in [3.05, 3.63) is 0 Å². The van der Waals surface area contributed by atoms with Crippen molar-refractivity contribution in [1.29, 1.82) is 0 Å². The lowest BCUT2D eigenvalue weighted by Gasteiger charge is -2.20. The van der Waals surface area contributed by atoms with Gasteiger partial charge in [0.15, 0.2) is 0 Å². The predicted octanol–water partition coefficient (Wildman–Crippen LogP) is 1.59. The first-order valence-electron chi connectivity index (χ1n) is 5.84. The van der Waals surface area contributed by atoms with Crippen LogP contribution in [-0.2, 0) is 4.74 Å². The minimum atomic E-state index is 0.391. The van der Waals surface area contributed by atoms with Gasteiger partial charge in [-0.15, -0.1) is 0 Å². The fourth-order valence-corrected chi connectivity index (χ4v) is 1.30. The van der Waals surface area contributed by atoms with Crippen LogP contribution in [0.2, 0.25) is 0 Å². The van der Waals surface area contributed by atoms with Gasteiger partial charge in [-0.05, 0) is 38.5 Å². The molecule has 0 aromatic heterocycles. The van der Waals surface area contributed by atoms with E-state index in [0.29, 0.717) is 5.41 Å².